The van der Waals surface area contributed by atoms with E-state index in [-0.39, 0.29) is 11.0 Å². The molecule has 0 atom stereocenters. The molecular formula is C19H22N2OS. The average molecular weight is 326 g/mol. The van der Waals surface area contributed by atoms with Gasteiger partial charge in [-0.3, -0.25) is 9.36 Å². The zero-order valence-corrected chi connectivity index (χ0v) is 15.1. The highest BCUT2D eigenvalue weighted by Gasteiger charge is 2.14. The maximum absolute atomic E-state index is 12.7. The summed E-state index contributed by atoms with van der Waals surface area (Å²) in [6.07, 6.45) is 1.66. The third-order valence-electron chi connectivity index (χ3n) is 4.33. The van der Waals surface area contributed by atoms with E-state index in [4.69, 9.17) is 0 Å². The summed E-state index contributed by atoms with van der Waals surface area (Å²) < 4.78 is 1.70. The maximum atomic E-state index is 12.7. The van der Waals surface area contributed by atoms with Crippen LogP contribution >= 0.6 is 11.3 Å². The number of rotatable bonds is 2. The number of hydrogen-bond acceptors (Lipinski definition) is 3. The highest BCUT2D eigenvalue weighted by molar-refractivity contribution is 7.18. The van der Waals surface area contributed by atoms with Crippen molar-refractivity contribution in [1.29, 1.82) is 0 Å². The molecule has 23 heavy (non-hydrogen) atoms. The summed E-state index contributed by atoms with van der Waals surface area (Å²) in [5.41, 5.74) is 3.66. The van der Waals surface area contributed by atoms with E-state index in [0.29, 0.717) is 6.54 Å². The molecule has 0 saturated carbocycles. The van der Waals surface area contributed by atoms with Crippen LogP contribution in [-0.2, 0) is 12.0 Å². The van der Waals surface area contributed by atoms with E-state index in [1.165, 1.54) is 5.56 Å². The molecule has 3 aromatic rings. The van der Waals surface area contributed by atoms with Crippen LogP contribution in [0, 0.1) is 13.8 Å². The molecule has 3 nitrogen and oxygen atoms in total. The van der Waals surface area contributed by atoms with Crippen LogP contribution in [0.25, 0.3) is 10.2 Å². The van der Waals surface area contributed by atoms with E-state index in [9.17, 15) is 4.79 Å². The van der Waals surface area contributed by atoms with E-state index in [1.807, 2.05) is 13.8 Å². The molecule has 0 aliphatic carbocycles. The van der Waals surface area contributed by atoms with Crippen LogP contribution in [-0.4, -0.2) is 9.55 Å². The van der Waals surface area contributed by atoms with Gasteiger partial charge in [-0.25, -0.2) is 4.98 Å². The van der Waals surface area contributed by atoms with Gasteiger partial charge in [0.15, 0.2) is 0 Å². The van der Waals surface area contributed by atoms with Crippen LogP contribution in [0.1, 0.15) is 42.3 Å². The molecule has 0 spiro atoms. The molecular weight excluding hydrogens is 304 g/mol. The molecule has 2 aromatic heterocycles. The van der Waals surface area contributed by atoms with Crippen molar-refractivity contribution in [2.75, 3.05) is 0 Å². The van der Waals surface area contributed by atoms with E-state index in [1.54, 1.807) is 22.2 Å². The Balaban J connectivity index is 1.97. The molecule has 3 rings (SSSR count). The Morgan fingerprint density at radius 2 is 1.78 bits per heavy atom. The predicted molar refractivity (Wildman–Crippen MR) is 97.6 cm³/mol. The summed E-state index contributed by atoms with van der Waals surface area (Å²) in [6.45, 7) is 11.2. The molecule has 0 aliphatic rings. The van der Waals surface area contributed by atoms with Crippen LogP contribution < -0.4 is 5.56 Å². The number of nitrogens with zero attached hydrogens (tertiary/aromatic N) is 2. The molecule has 0 radical (unpaired) electrons. The second-order valence-corrected chi connectivity index (χ2v) is 8.29. The summed E-state index contributed by atoms with van der Waals surface area (Å²) in [4.78, 5) is 19.2. The molecule has 0 aliphatic heterocycles. The molecule has 0 saturated heterocycles. The van der Waals surface area contributed by atoms with Gasteiger partial charge in [-0.1, -0.05) is 45.0 Å². The fourth-order valence-electron chi connectivity index (χ4n) is 2.69. The Labute approximate surface area is 140 Å². The number of fused-ring (bicyclic) bond motifs is 1. The number of aromatic nitrogens is 2. The highest BCUT2D eigenvalue weighted by atomic mass is 32.1. The SMILES string of the molecule is Cc1sc2ncn(Cc3ccc(C(C)(C)C)cc3)c(=O)c2c1C. The van der Waals surface area contributed by atoms with Crippen molar-refractivity contribution in [3.8, 4) is 0 Å². The molecule has 0 unspecified atom stereocenters. The molecule has 0 bridgehead atoms. The molecule has 0 amide bonds. The molecule has 0 N–H and O–H groups in total. The third kappa shape index (κ3) is 2.95. The smallest absolute Gasteiger partial charge is 0.262 e. The van der Waals surface area contributed by atoms with Gasteiger partial charge in [-0.2, -0.15) is 0 Å². The van der Waals surface area contributed by atoms with Crippen LogP contribution in [0.3, 0.4) is 0 Å². The van der Waals surface area contributed by atoms with Crippen molar-refractivity contribution in [1.82, 2.24) is 9.55 Å². The van der Waals surface area contributed by atoms with E-state index >= 15 is 0 Å². The van der Waals surface area contributed by atoms with Gasteiger partial charge in [0.2, 0.25) is 0 Å². The monoisotopic (exact) mass is 326 g/mol. The van der Waals surface area contributed by atoms with Crippen molar-refractivity contribution in [2.45, 2.75) is 46.6 Å². The fourth-order valence-corrected chi connectivity index (χ4v) is 3.68. The Morgan fingerprint density at radius 3 is 2.39 bits per heavy atom. The van der Waals surface area contributed by atoms with Crippen LogP contribution in [0.2, 0.25) is 0 Å². The normalized spacial score (nSPS) is 12.0. The zero-order valence-electron chi connectivity index (χ0n) is 14.3. The van der Waals surface area contributed by atoms with Gasteiger partial charge < -0.3 is 0 Å². The molecule has 120 valence electrons. The summed E-state index contributed by atoms with van der Waals surface area (Å²) in [7, 11) is 0. The predicted octanol–water partition coefficient (Wildman–Crippen LogP) is 4.42. The van der Waals surface area contributed by atoms with Crippen molar-refractivity contribution < 1.29 is 0 Å². The topological polar surface area (TPSA) is 34.9 Å². The first-order chi connectivity index (χ1) is 10.8. The van der Waals surface area contributed by atoms with Crippen LogP contribution in [0.15, 0.2) is 35.4 Å². The van der Waals surface area contributed by atoms with Crippen molar-refractivity contribution in [3.05, 3.63) is 62.5 Å². The summed E-state index contributed by atoms with van der Waals surface area (Å²) in [5, 5.41) is 0.765. The van der Waals surface area contributed by atoms with Crippen molar-refractivity contribution in [3.63, 3.8) is 0 Å². The summed E-state index contributed by atoms with van der Waals surface area (Å²) >= 11 is 1.59. The number of thiophene rings is 1. The minimum absolute atomic E-state index is 0.0525. The number of aryl methyl sites for hydroxylation is 2. The average Bonchev–Trinajstić information content (AvgIpc) is 2.77. The summed E-state index contributed by atoms with van der Waals surface area (Å²) in [6, 6.07) is 8.49. The first kappa shape index (κ1) is 15.9. The number of benzene rings is 1. The van der Waals surface area contributed by atoms with Crippen molar-refractivity contribution >= 4 is 21.6 Å². The Morgan fingerprint density at radius 1 is 1.13 bits per heavy atom. The second kappa shape index (κ2) is 5.60. The second-order valence-electron chi connectivity index (χ2n) is 7.09. The quantitative estimate of drug-likeness (QED) is 0.698. The molecule has 1 aromatic carbocycles. The van der Waals surface area contributed by atoms with E-state index in [0.717, 1.165) is 26.2 Å². The fraction of sp³-hybridized carbons (Fsp3) is 0.368. The Hall–Kier alpha value is -1.94. The first-order valence-electron chi connectivity index (χ1n) is 7.82. The van der Waals surface area contributed by atoms with E-state index < -0.39 is 0 Å². The Bertz CT molecular complexity index is 911. The third-order valence-corrected chi connectivity index (χ3v) is 5.44. The van der Waals surface area contributed by atoms with Crippen molar-refractivity contribution in [2.24, 2.45) is 0 Å². The lowest BCUT2D eigenvalue weighted by molar-refractivity contribution is 0.589. The Kier molecular flexibility index (Phi) is 3.88. The minimum atomic E-state index is 0.0525. The maximum Gasteiger partial charge on any atom is 0.262 e. The lowest BCUT2D eigenvalue weighted by Gasteiger charge is -2.19. The van der Waals surface area contributed by atoms with Gasteiger partial charge in [0.05, 0.1) is 18.3 Å². The summed E-state index contributed by atoms with van der Waals surface area (Å²) in [5.74, 6) is 0. The first-order valence-corrected chi connectivity index (χ1v) is 8.63. The standard InChI is InChI=1S/C19H22N2OS/c1-12-13(2)23-17-16(12)18(22)21(11-20-17)10-14-6-8-15(9-7-14)19(3,4)5/h6-9,11H,10H2,1-5H3. The lowest BCUT2D eigenvalue weighted by Crippen LogP contribution is -2.21. The molecule has 4 heteroatoms. The van der Waals surface area contributed by atoms with Crippen LogP contribution in [0.5, 0.6) is 0 Å². The largest absolute Gasteiger partial charge is 0.294 e. The van der Waals surface area contributed by atoms with Gasteiger partial charge in [0.25, 0.3) is 5.56 Å². The number of hydrogen-bond donors (Lipinski definition) is 0. The molecule has 2 heterocycles. The van der Waals surface area contributed by atoms with E-state index in [2.05, 4.69) is 50.0 Å². The van der Waals surface area contributed by atoms with Gasteiger partial charge in [-0.15, -0.1) is 11.3 Å². The van der Waals surface area contributed by atoms with Gasteiger partial charge in [-0.05, 0) is 36.0 Å². The van der Waals surface area contributed by atoms with Crippen LogP contribution in [0.4, 0.5) is 0 Å². The minimum Gasteiger partial charge on any atom is -0.294 e. The van der Waals surface area contributed by atoms with Gasteiger partial charge in [0.1, 0.15) is 4.83 Å². The van der Waals surface area contributed by atoms with Gasteiger partial charge in [0, 0.05) is 4.88 Å². The highest BCUT2D eigenvalue weighted by Crippen LogP contribution is 2.26. The van der Waals surface area contributed by atoms with Gasteiger partial charge >= 0.3 is 0 Å². The molecule has 0 fully saturated rings. The zero-order chi connectivity index (χ0) is 16.8. The lowest BCUT2D eigenvalue weighted by atomic mass is 9.87.